The fourth-order valence-corrected chi connectivity index (χ4v) is 2.35. The van der Waals surface area contributed by atoms with Crippen LogP contribution in [0.1, 0.15) is 12.1 Å². The molecule has 0 spiro atoms. The molecule has 1 heterocycles. The number of halogens is 3. The highest BCUT2D eigenvalue weighted by molar-refractivity contribution is 7.89. The van der Waals surface area contributed by atoms with Crippen molar-refractivity contribution in [1.82, 2.24) is 4.98 Å². The predicted octanol–water partition coefficient (Wildman–Crippen LogP) is 1.33. The number of ether oxygens (including phenoxy) is 1. The Morgan fingerprint density at radius 3 is 2.50 bits per heavy atom. The van der Waals surface area contributed by atoms with Crippen LogP contribution in [0.4, 0.5) is 8.78 Å². The third kappa shape index (κ3) is 2.39. The molecular formula is C7H7ClF2N2O3S. The Balaban J connectivity index is 3.60. The van der Waals surface area contributed by atoms with Gasteiger partial charge in [0.2, 0.25) is 10.0 Å². The molecule has 0 bridgehead atoms. The Morgan fingerprint density at radius 1 is 1.56 bits per heavy atom. The summed E-state index contributed by atoms with van der Waals surface area (Å²) in [5, 5.41) is 4.11. The first-order chi connectivity index (χ1) is 7.29. The fourth-order valence-electron chi connectivity index (χ4n) is 1.03. The highest BCUT2D eigenvalue weighted by atomic mass is 35.5. The van der Waals surface area contributed by atoms with Crippen molar-refractivity contribution in [2.45, 2.75) is 11.3 Å². The fraction of sp³-hybridized carbons (Fsp3) is 0.286. The standard InChI is InChI=1S/C7H7ClF2N2O3S/c1-15-3-2-12-5(7(9)10)4(8)6(3)16(11,13)14/h2,7H,1H3,(H2,11,13,14). The van der Waals surface area contributed by atoms with Gasteiger partial charge in [0.15, 0.2) is 5.75 Å². The normalized spacial score (nSPS) is 11.9. The lowest BCUT2D eigenvalue weighted by molar-refractivity contribution is 0.145. The summed E-state index contributed by atoms with van der Waals surface area (Å²) in [5.74, 6) is -0.281. The second-order valence-electron chi connectivity index (χ2n) is 2.70. The number of pyridine rings is 1. The van der Waals surface area contributed by atoms with Crippen LogP contribution in [0.2, 0.25) is 5.02 Å². The molecule has 16 heavy (non-hydrogen) atoms. The largest absolute Gasteiger partial charge is 0.494 e. The summed E-state index contributed by atoms with van der Waals surface area (Å²) >= 11 is 5.49. The van der Waals surface area contributed by atoms with Crippen LogP contribution in [0.5, 0.6) is 5.75 Å². The molecule has 90 valence electrons. The molecule has 5 nitrogen and oxygen atoms in total. The number of methoxy groups -OCH3 is 1. The van der Waals surface area contributed by atoms with Crippen molar-refractivity contribution in [3.63, 3.8) is 0 Å². The number of nitrogens with zero attached hydrogens (tertiary/aromatic N) is 1. The topological polar surface area (TPSA) is 82.3 Å². The first-order valence-electron chi connectivity index (χ1n) is 3.82. The SMILES string of the molecule is COc1cnc(C(F)F)c(Cl)c1S(N)(=O)=O. The number of nitrogens with two attached hydrogens (primary N) is 1. The molecule has 1 rings (SSSR count). The Bertz CT molecular complexity index is 507. The van der Waals surface area contributed by atoms with Gasteiger partial charge >= 0.3 is 0 Å². The zero-order chi connectivity index (χ0) is 12.5. The van der Waals surface area contributed by atoms with E-state index in [1.165, 1.54) is 0 Å². The number of rotatable bonds is 3. The van der Waals surface area contributed by atoms with Gasteiger partial charge in [-0.3, -0.25) is 0 Å². The van der Waals surface area contributed by atoms with E-state index in [-0.39, 0.29) is 5.75 Å². The van der Waals surface area contributed by atoms with Crippen LogP contribution < -0.4 is 9.88 Å². The second kappa shape index (κ2) is 4.48. The second-order valence-corrected chi connectivity index (χ2v) is 4.58. The lowest BCUT2D eigenvalue weighted by atomic mass is 10.3. The number of alkyl halides is 2. The Morgan fingerprint density at radius 2 is 2.12 bits per heavy atom. The Kier molecular flexibility index (Phi) is 3.66. The van der Waals surface area contributed by atoms with E-state index in [1.807, 2.05) is 0 Å². The number of hydrogen-bond acceptors (Lipinski definition) is 4. The van der Waals surface area contributed by atoms with E-state index in [4.69, 9.17) is 16.7 Å². The molecule has 0 aliphatic carbocycles. The molecule has 0 saturated heterocycles. The summed E-state index contributed by atoms with van der Waals surface area (Å²) in [5.41, 5.74) is -0.855. The minimum absolute atomic E-state index is 0.281. The van der Waals surface area contributed by atoms with Crippen LogP contribution in [-0.4, -0.2) is 20.5 Å². The quantitative estimate of drug-likeness (QED) is 0.900. The lowest BCUT2D eigenvalue weighted by Crippen LogP contribution is -2.15. The van der Waals surface area contributed by atoms with Crippen molar-refractivity contribution < 1.29 is 21.9 Å². The monoisotopic (exact) mass is 272 g/mol. The van der Waals surface area contributed by atoms with Crippen molar-refractivity contribution in [2.24, 2.45) is 5.14 Å². The van der Waals surface area contributed by atoms with E-state index in [2.05, 4.69) is 9.72 Å². The maximum Gasteiger partial charge on any atom is 0.281 e. The van der Waals surface area contributed by atoms with Crippen LogP contribution in [0, 0.1) is 0 Å². The molecule has 9 heteroatoms. The molecule has 0 atom stereocenters. The number of sulfonamides is 1. The van der Waals surface area contributed by atoms with Gasteiger partial charge in [0, 0.05) is 0 Å². The van der Waals surface area contributed by atoms with Crippen molar-refractivity contribution in [3.05, 3.63) is 16.9 Å². The Hall–Kier alpha value is -0.990. The summed E-state index contributed by atoms with van der Waals surface area (Å²) in [4.78, 5) is 2.60. The molecule has 0 amide bonds. The summed E-state index contributed by atoms with van der Waals surface area (Å²) in [6.45, 7) is 0. The van der Waals surface area contributed by atoms with E-state index >= 15 is 0 Å². The summed E-state index contributed by atoms with van der Waals surface area (Å²) < 4.78 is 51.8. The van der Waals surface area contributed by atoms with Crippen molar-refractivity contribution >= 4 is 21.6 Å². The zero-order valence-corrected chi connectivity index (χ0v) is 9.52. The first-order valence-corrected chi connectivity index (χ1v) is 5.74. The molecule has 0 aliphatic rings. The first kappa shape index (κ1) is 13.1. The van der Waals surface area contributed by atoms with Gasteiger partial charge in [-0.1, -0.05) is 11.6 Å². The lowest BCUT2D eigenvalue weighted by Gasteiger charge is -2.10. The van der Waals surface area contributed by atoms with Gasteiger partial charge in [0.05, 0.1) is 18.3 Å². The molecule has 0 aliphatic heterocycles. The van der Waals surface area contributed by atoms with Gasteiger partial charge in [0.1, 0.15) is 10.6 Å². The van der Waals surface area contributed by atoms with Gasteiger partial charge in [-0.15, -0.1) is 0 Å². The smallest absolute Gasteiger partial charge is 0.281 e. The average molecular weight is 273 g/mol. The summed E-state index contributed by atoms with van der Waals surface area (Å²) in [6.07, 6.45) is -2.17. The van der Waals surface area contributed by atoms with Gasteiger partial charge < -0.3 is 4.74 Å². The predicted molar refractivity (Wildman–Crippen MR) is 52.1 cm³/mol. The van der Waals surface area contributed by atoms with Gasteiger partial charge in [-0.2, -0.15) is 0 Å². The van der Waals surface area contributed by atoms with E-state index in [0.717, 1.165) is 13.3 Å². The van der Waals surface area contributed by atoms with Gasteiger partial charge in [-0.25, -0.2) is 27.3 Å². The highest BCUT2D eigenvalue weighted by Gasteiger charge is 2.26. The van der Waals surface area contributed by atoms with Crippen molar-refractivity contribution in [3.8, 4) is 5.75 Å². The van der Waals surface area contributed by atoms with E-state index in [1.54, 1.807) is 0 Å². The molecule has 1 aromatic heterocycles. The highest BCUT2D eigenvalue weighted by Crippen LogP contribution is 2.35. The maximum atomic E-state index is 12.4. The molecule has 0 saturated carbocycles. The average Bonchev–Trinajstić information content (AvgIpc) is 2.14. The number of primary sulfonamides is 1. The van der Waals surface area contributed by atoms with Crippen LogP contribution in [0.25, 0.3) is 0 Å². The zero-order valence-electron chi connectivity index (χ0n) is 7.95. The molecule has 0 radical (unpaired) electrons. The molecule has 1 aromatic rings. The molecule has 2 N–H and O–H groups in total. The third-order valence-corrected chi connectivity index (χ3v) is 3.15. The summed E-state index contributed by atoms with van der Waals surface area (Å²) in [6, 6.07) is 0. The molecule has 0 fully saturated rings. The minimum atomic E-state index is -4.26. The maximum absolute atomic E-state index is 12.4. The molecule has 0 aromatic carbocycles. The molecule has 0 unspecified atom stereocenters. The van der Waals surface area contributed by atoms with Gasteiger partial charge in [0.25, 0.3) is 6.43 Å². The van der Waals surface area contributed by atoms with Crippen LogP contribution in [0.3, 0.4) is 0 Å². The molecular weight excluding hydrogens is 266 g/mol. The van der Waals surface area contributed by atoms with Crippen LogP contribution in [-0.2, 0) is 10.0 Å². The Labute approximate surface area is 95.2 Å². The summed E-state index contributed by atoms with van der Waals surface area (Å²) in [7, 11) is -3.12. The number of aromatic nitrogens is 1. The van der Waals surface area contributed by atoms with E-state index in [0.29, 0.717) is 0 Å². The van der Waals surface area contributed by atoms with Crippen LogP contribution >= 0.6 is 11.6 Å². The van der Waals surface area contributed by atoms with Crippen molar-refractivity contribution in [1.29, 1.82) is 0 Å². The third-order valence-electron chi connectivity index (χ3n) is 1.68. The van der Waals surface area contributed by atoms with E-state index < -0.39 is 32.1 Å². The number of hydrogen-bond donors (Lipinski definition) is 1. The van der Waals surface area contributed by atoms with Crippen molar-refractivity contribution in [2.75, 3.05) is 7.11 Å². The van der Waals surface area contributed by atoms with Crippen LogP contribution in [0.15, 0.2) is 11.1 Å². The minimum Gasteiger partial charge on any atom is -0.494 e. The van der Waals surface area contributed by atoms with E-state index in [9.17, 15) is 17.2 Å². The van der Waals surface area contributed by atoms with Gasteiger partial charge in [-0.05, 0) is 0 Å².